The maximum atomic E-state index is 12.4. The van der Waals surface area contributed by atoms with Crippen molar-refractivity contribution in [1.29, 1.82) is 0 Å². The summed E-state index contributed by atoms with van der Waals surface area (Å²) in [5.41, 5.74) is 2.57. The maximum absolute atomic E-state index is 12.4. The van der Waals surface area contributed by atoms with Gasteiger partial charge in [-0.1, -0.05) is 24.3 Å². The Morgan fingerprint density at radius 1 is 1.18 bits per heavy atom. The number of nitrogens with zero attached hydrogens (tertiary/aromatic N) is 1. The van der Waals surface area contributed by atoms with Crippen LogP contribution in [0.2, 0.25) is 0 Å². The lowest BCUT2D eigenvalue weighted by atomic mass is 10.0. The van der Waals surface area contributed by atoms with Gasteiger partial charge in [-0.15, -0.1) is 0 Å². The quantitative estimate of drug-likeness (QED) is 0.705. The Morgan fingerprint density at radius 2 is 1.86 bits per heavy atom. The molecular weight excluding hydrogens is 378 g/mol. The van der Waals surface area contributed by atoms with E-state index in [4.69, 9.17) is 4.74 Å². The second-order valence-electron chi connectivity index (χ2n) is 6.66. The first-order valence-corrected chi connectivity index (χ1v) is 10.3. The molecule has 2 N–H and O–H groups in total. The highest BCUT2D eigenvalue weighted by atomic mass is 32.2. The number of carbonyl (C=O) groups is 1. The number of nitrogens with one attached hydrogen (secondary N) is 2. The standard InChI is InChI=1S/C20H27N3O4S/c1-14-8-6-7-9-17(14)15(2)21-13-20(24)22-18-12-16(10-11-19(18)27-5)28(25,26)23(3)4/h6-12,15,21H,13H2,1-5H3,(H,22,24)/t15-/m1/s1. The molecule has 0 heterocycles. The van der Waals surface area contributed by atoms with E-state index in [0.717, 1.165) is 15.4 Å². The molecule has 0 fully saturated rings. The van der Waals surface area contributed by atoms with Gasteiger partial charge in [-0.2, -0.15) is 0 Å². The summed E-state index contributed by atoms with van der Waals surface area (Å²) in [5, 5.41) is 5.91. The summed E-state index contributed by atoms with van der Waals surface area (Å²) in [6, 6.07) is 12.3. The molecule has 0 aromatic heterocycles. The van der Waals surface area contributed by atoms with Crippen LogP contribution in [0.25, 0.3) is 0 Å². The zero-order chi connectivity index (χ0) is 20.9. The molecule has 0 saturated carbocycles. The van der Waals surface area contributed by atoms with Crippen LogP contribution in [0.4, 0.5) is 5.69 Å². The molecule has 0 spiro atoms. The highest BCUT2D eigenvalue weighted by Crippen LogP contribution is 2.28. The first-order chi connectivity index (χ1) is 13.2. The summed E-state index contributed by atoms with van der Waals surface area (Å²) in [7, 11) is 0.752. The zero-order valence-electron chi connectivity index (χ0n) is 16.8. The fourth-order valence-electron chi connectivity index (χ4n) is 2.78. The van der Waals surface area contributed by atoms with Gasteiger partial charge in [0, 0.05) is 20.1 Å². The Kier molecular flexibility index (Phi) is 7.17. The number of anilines is 1. The number of hydrogen-bond donors (Lipinski definition) is 2. The van der Waals surface area contributed by atoms with Gasteiger partial charge >= 0.3 is 0 Å². The average molecular weight is 406 g/mol. The predicted molar refractivity (Wildman–Crippen MR) is 110 cm³/mol. The van der Waals surface area contributed by atoms with Crippen LogP contribution in [0.5, 0.6) is 5.75 Å². The summed E-state index contributed by atoms with van der Waals surface area (Å²) in [5.74, 6) is 0.0937. The van der Waals surface area contributed by atoms with Gasteiger partial charge in [0.15, 0.2) is 0 Å². The number of amides is 1. The van der Waals surface area contributed by atoms with Crippen LogP contribution in [0.3, 0.4) is 0 Å². The Labute approximate surface area is 166 Å². The van der Waals surface area contributed by atoms with Crippen molar-refractivity contribution >= 4 is 21.6 Å². The number of methoxy groups -OCH3 is 1. The number of carbonyl (C=O) groups excluding carboxylic acids is 1. The van der Waals surface area contributed by atoms with Crippen molar-refractivity contribution in [3.8, 4) is 5.75 Å². The van der Waals surface area contributed by atoms with Gasteiger partial charge < -0.3 is 15.4 Å². The fourth-order valence-corrected chi connectivity index (χ4v) is 3.71. The van der Waals surface area contributed by atoms with Crippen LogP contribution in [-0.2, 0) is 14.8 Å². The molecule has 0 unspecified atom stereocenters. The molecule has 0 aliphatic carbocycles. The molecule has 0 bridgehead atoms. The maximum Gasteiger partial charge on any atom is 0.242 e. The van der Waals surface area contributed by atoms with Crippen molar-refractivity contribution in [1.82, 2.24) is 9.62 Å². The topological polar surface area (TPSA) is 87.7 Å². The van der Waals surface area contributed by atoms with Crippen LogP contribution in [0, 0.1) is 6.92 Å². The van der Waals surface area contributed by atoms with E-state index in [2.05, 4.69) is 10.6 Å². The molecule has 28 heavy (non-hydrogen) atoms. The van der Waals surface area contributed by atoms with Crippen LogP contribution < -0.4 is 15.4 Å². The van der Waals surface area contributed by atoms with Crippen molar-refractivity contribution in [3.05, 3.63) is 53.6 Å². The van der Waals surface area contributed by atoms with Crippen molar-refractivity contribution in [2.75, 3.05) is 33.1 Å². The van der Waals surface area contributed by atoms with Gasteiger partial charge in [-0.3, -0.25) is 4.79 Å². The number of aryl methyl sites for hydroxylation is 1. The molecule has 2 aromatic rings. The molecular formula is C20H27N3O4S. The molecule has 152 valence electrons. The number of hydrogen-bond acceptors (Lipinski definition) is 5. The minimum atomic E-state index is -3.62. The molecule has 1 atom stereocenters. The normalized spacial score (nSPS) is 12.6. The zero-order valence-corrected chi connectivity index (χ0v) is 17.6. The third-order valence-electron chi connectivity index (χ3n) is 4.45. The molecule has 8 heteroatoms. The van der Waals surface area contributed by atoms with Crippen LogP contribution >= 0.6 is 0 Å². The molecule has 2 rings (SSSR count). The van der Waals surface area contributed by atoms with Crippen LogP contribution in [0.15, 0.2) is 47.4 Å². The first kappa shape index (κ1) is 21.9. The van der Waals surface area contributed by atoms with E-state index in [9.17, 15) is 13.2 Å². The van der Waals surface area contributed by atoms with E-state index < -0.39 is 10.0 Å². The second kappa shape index (κ2) is 9.18. The van der Waals surface area contributed by atoms with Crippen molar-refractivity contribution in [2.24, 2.45) is 0 Å². The molecule has 0 radical (unpaired) electrons. The van der Waals surface area contributed by atoms with Gasteiger partial charge in [0.1, 0.15) is 5.75 Å². The highest BCUT2D eigenvalue weighted by molar-refractivity contribution is 7.89. The Bertz CT molecular complexity index is 942. The molecule has 0 aliphatic rings. The van der Waals surface area contributed by atoms with E-state index in [0.29, 0.717) is 11.4 Å². The van der Waals surface area contributed by atoms with Gasteiger partial charge in [-0.05, 0) is 43.2 Å². The van der Waals surface area contributed by atoms with E-state index in [-0.39, 0.29) is 23.4 Å². The van der Waals surface area contributed by atoms with Crippen LogP contribution in [-0.4, -0.2) is 46.4 Å². The lowest BCUT2D eigenvalue weighted by Crippen LogP contribution is -2.30. The van der Waals surface area contributed by atoms with E-state index in [1.807, 2.05) is 38.1 Å². The van der Waals surface area contributed by atoms with Crippen molar-refractivity contribution < 1.29 is 17.9 Å². The van der Waals surface area contributed by atoms with E-state index in [1.165, 1.54) is 39.4 Å². The Hall–Kier alpha value is -2.42. The summed E-state index contributed by atoms with van der Waals surface area (Å²) >= 11 is 0. The van der Waals surface area contributed by atoms with E-state index >= 15 is 0 Å². The Balaban J connectivity index is 2.11. The van der Waals surface area contributed by atoms with Crippen LogP contribution in [0.1, 0.15) is 24.1 Å². The second-order valence-corrected chi connectivity index (χ2v) is 8.81. The lowest BCUT2D eigenvalue weighted by Gasteiger charge is -2.17. The lowest BCUT2D eigenvalue weighted by molar-refractivity contribution is -0.115. The summed E-state index contributed by atoms with van der Waals surface area (Å²) in [4.78, 5) is 12.5. The summed E-state index contributed by atoms with van der Waals surface area (Å²) in [6.45, 7) is 4.08. The minimum Gasteiger partial charge on any atom is -0.495 e. The van der Waals surface area contributed by atoms with Gasteiger partial charge in [0.05, 0.1) is 24.2 Å². The van der Waals surface area contributed by atoms with Gasteiger partial charge in [0.2, 0.25) is 15.9 Å². The smallest absolute Gasteiger partial charge is 0.242 e. The average Bonchev–Trinajstić information content (AvgIpc) is 2.66. The van der Waals surface area contributed by atoms with E-state index in [1.54, 1.807) is 0 Å². The first-order valence-electron chi connectivity index (χ1n) is 8.86. The van der Waals surface area contributed by atoms with Crippen molar-refractivity contribution in [2.45, 2.75) is 24.8 Å². The fraction of sp³-hybridized carbons (Fsp3) is 0.350. The molecule has 0 aliphatic heterocycles. The van der Waals surface area contributed by atoms with Gasteiger partial charge in [-0.25, -0.2) is 12.7 Å². The summed E-state index contributed by atoms with van der Waals surface area (Å²) < 4.78 is 31.0. The van der Waals surface area contributed by atoms with Gasteiger partial charge in [0.25, 0.3) is 0 Å². The molecule has 1 amide bonds. The highest BCUT2D eigenvalue weighted by Gasteiger charge is 2.20. The number of sulfonamides is 1. The third kappa shape index (κ3) is 5.09. The largest absolute Gasteiger partial charge is 0.495 e. The SMILES string of the molecule is COc1ccc(S(=O)(=O)N(C)C)cc1NC(=O)CN[C@H](C)c1ccccc1C. The molecule has 7 nitrogen and oxygen atoms in total. The van der Waals surface area contributed by atoms with Crippen molar-refractivity contribution in [3.63, 3.8) is 0 Å². The number of rotatable bonds is 8. The predicted octanol–water partition coefficient (Wildman–Crippen LogP) is 2.54. The molecule has 0 saturated heterocycles. The molecule has 2 aromatic carbocycles. The minimum absolute atomic E-state index is 0.00528. The number of benzene rings is 2. The monoisotopic (exact) mass is 405 g/mol. The third-order valence-corrected chi connectivity index (χ3v) is 6.26. The Morgan fingerprint density at radius 3 is 2.46 bits per heavy atom. The number of ether oxygens (including phenoxy) is 1. The summed E-state index contributed by atoms with van der Waals surface area (Å²) in [6.07, 6.45) is 0.